The van der Waals surface area contributed by atoms with Gasteiger partial charge in [0.2, 0.25) is 15.9 Å². The summed E-state index contributed by atoms with van der Waals surface area (Å²) in [5, 5.41) is 0.467. The predicted octanol–water partition coefficient (Wildman–Crippen LogP) is 2.01. The first-order valence-electron chi connectivity index (χ1n) is 10.0. The van der Waals surface area contributed by atoms with Gasteiger partial charge in [-0.2, -0.15) is 4.31 Å². The normalized spacial score (nSPS) is 15.5. The van der Waals surface area contributed by atoms with Crippen LogP contribution >= 0.6 is 11.6 Å². The van der Waals surface area contributed by atoms with E-state index in [2.05, 4.69) is 0 Å². The summed E-state index contributed by atoms with van der Waals surface area (Å²) in [6, 6.07) is 13.4. The molecule has 0 atom stereocenters. The molecule has 0 spiro atoms. The molecule has 0 bridgehead atoms. The van der Waals surface area contributed by atoms with Crippen molar-refractivity contribution in [1.82, 2.24) is 18.3 Å². The first-order chi connectivity index (χ1) is 14.8. The number of fused-ring (bicyclic) bond motifs is 1. The zero-order chi connectivity index (χ0) is 22.2. The van der Waals surface area contributed by atoms with E-state index in [4.69, 9.17) is 11.6 Å². The second-order valence-corrected chi connectivity index (χ2v) is 9.71. The molecule has 0 unspecified atom stereocenters. The van der Waals surface area contributed by atoms with Gasteiger partial charge in [0.15, 0.2) is 0 Å². The number of benzene rings is 2. The summed E-state index contributed by atoms with van der Waals surface area (Å²) < 4.78 is 30.1. The molecule has 8 nitrogen and oxygen atoms in total. The first kappa shape index (κ1) is 21.6. The van der Waals surface area contributed by atoms with Crippen LogP contribution in [0.15, 0.2) is 58.2 Å². The number of carbonyl (C=O) groups is 1. The molecule has 0 saturated carbocycles. The van der Waals surface area contributed by atoms with Crippen molar-refractivity contribution in [1.29, 1.82) is 0 Å². The summed E-state index contributed by atoms with van der Waals surface area (Å²) >= 11 is 5.85. The number of para-hydroxylation sites is 2. The van der Waals surface area contributed by atoms with Crippen molar-refractivity contribution < 1.29 is 13.2 Å². The Hall–Kier alpha value is -2.62. The lowest BCUT2D eigenvalue weighted by Gasteiger charge is -2.34. The molecule has 0 aliphatic carbocycles. The molecule has 1 amide bonds. The maximum absolute atomic E-state index is 12.9. The summed E-state index contributed by atoms with van der Waals surface area (Å²) in [6.07, 6.45) is 0. The summed E-state index contributed by atoms with van der Waals surface area (Å²) in [6.45, 7) is 3.27. The van der Waals surface area contributed by atoms with Crippen LogP contribution in [0.3, 0.4) is 0 Å². The van der Waals surface area contributed by atoms with Gasteiger partial charge in [-0.3, -0.25) is 13.9 Å². The highest BCUT2D eigenvalue weighted by atomic mass is 35.5. The van der Waals surface area contributed by atoms with Gasteiger partial charge in [-0.25, -0.2) is 13.2 Å². The quantitative estimate of drug-likeness (QED) is 0.580. The maximum Gasteiger partial charge on any atom is 0.329 e. The van der Waals surface area contributed by atoms with Crippen molar-refractivity contribution in [3.63, 3.8) is 0 Å². The number of aryl methyl sites for hydroxylation is 1. The van der Waals surface area contributed by atoms with Crippen LogP contribution in [0.5, 0.6) is 0 Å². The van der Waals surface area contributed by atoms with Crippen LogP contribution in [0.2, 0.25) is 5.02 Å². The van der Waals surface area contributed by atoms with Crippen molar-refractivity contribution in [3.05, 3.63) is 64.0 Å². The number of aromatic nitrogens is 2. The number of amides is 1. The Morgan fingerprint density at radius 1 is 0.935 bits per heavy atom. The van der Waals surface area contributed by atoms with Gasteiger partial charge in [0.05, 0.1) is 15.9 Å². The Kier molecular flexibility index (Phi) is 5.92. The van der Waals surface area contributed by atoms with Gasteiger partial charge in [-0.1, -0.05) is 23.7 Å². The van der Waals surface area contributed by atoms with Crippen LogP contribution in [0.1, 0.15) is 6.92 Å². The minimum absolute atomic E-state index is 0.0731. The highest BCUT2D eigenvalue weighted by Gasteiger charge is 2.30. The van der Waals surface area contributed by atoms with Crippen molar-refractivity contribution in [2.45, 2.75) is 24.9 Å². The molecule has 10 heteroatoms. The number of hydrogen-bond donors (Lipinski definition) is 0. The standard InChI is InChI=1S/C21H23ClN4O4S/c1-2-25-18-5-3-4-6-19(18)26(21(25)28)15-20(27)23-11-13-24(14-12-23)31(29,30)17-9-7-16(22)8-10-17/h3-10H,2,11-15H2,1H3. The third-order valence-corrected chi connectivity index (χ3v) is 7.74. The van der Waals surface area contributed by atoms with E-state index >= 15 is 0 Å². The van der Waals surface area contributed by atoms with Crippen LogP contribution < -0.4 is 5.69 Å². The summed E-state index contributed by atoms with van der Waals surface area (Å²) in [7, 11) is -3.64. The van der Waals surface area contributed by atoms with E-state index in [-0.39, 0.29) is 49.2 Å². The Bertz CT molecular complexity index is 1270. The molecule has 1 aromatic heterocycles. The van der Waals surface area contributed by atoms with Gasteiger partial charge < -0.3 is 4.90 Å². The van der Waals surface area contributed by atoms with Crippen LogP contribution in [0.25, 0.3) is 11.0 Å². The number of halogens is 1. The SMILES string of the molecule is CCn1c(=O)n(CC(=O)N2CCN(S(=O)(=O)c3ccc(Cl)cc3)CC2)c2ccccc21. The van der Waals surface area contributed by atoms with Crippen molar-refractivity contribution in [3.8, 4) is 0 Å². The molecule has 164 valence electrons. The van der Waals surface area contributed by atoms with E-state index in [9.17, 15) is 18.0 Å². The summed E-state index contributed by atoms with van der Waals surface area (Å²) in [4.78, 5) is 27.4. The molecular formula is C21H23ClN4O4S. The largest absolute Gasteiger partial charge is 0.338 e. The number of rotatable bonds is 5. The van der Waals surface area contributed by atoms with Gasteiger partial charge in [-0.15, -0.1) is 0 Å². The number of hydrogen-bond acceptors (Lipinski definition) is 4. The van der Waals surface area contributed by atoms with Crippen LogP contribution in [-0.2, 0) is 27.9 Å². The van der Waals surface area contributed by atoms with E-state index in [1.807, 2.05) is 31.2 Å². The minimum atomic E-state index is -3.64. The molecule has 1 fully saturated rings. The molecular weight excluding hydrogens is 440 g/mol. The third kappa shape index (κ3) is 4.00. The van der Waals surface area contributed by atoms with E-state index < -0.39 is 10.0 Å². The van der Waals surface area contributed by atoms with E-state index in [0.717, 1.165) is 5.52 Å². The maximum atomic E-state index is 12.9. The highest BCUT2D eigenvalue weighted by Crippen LogP contribution is 2.20. The molecule has 1 aliphatic rings. The summed E-state index contributed by atoms with van der Waals surface area (Å²) in [5.74, 6) is -0.204. The predicted molar refractivity (Wildman–Crippen MR) is 119 cm³/mol. The number of nitrogens with zero attached hydrogens (tertiary/aromatic N) is 4. The fourth-order valence-electron chi connectivity index (χ4n) is 3.90. The minimum Gasteiger partial charge on any atom is -0.338 e. The Morgan fingerprint density at radius 3 is 2.10 bits per heavy atom. The lowest BCUT2D eigenvalue weighted by molar-refractivity contribution is -0.133. The zero-order valence-electron chi connectivity index (χ0n) is 17.1. The molecule has 0 N–H and O–H groups in total. The Labute approximate surface area is 185 Å². The number of piperazine rings is 1. The molecule has 1 saturated heterocycles. The molecule has 0 radical (unpaired) electrons. The zero-order valence-corrected chi connectivity index (χ0v) is 18.6. The van der Waals surface area contributed by atoms with Crippen molar-refractivity contribution in [2.75, 3.05) is 26.2 Å². The average Bonchev–Trinajstić information content (AvgIpc) is 3.05. The van der Waals surface area contributed by atoms with Crippen molar-refractivity contribution >= 4 is 38.6 Å². The van der Waals surface area contributed by atoms with Crippen LogP contribution in [-0.4, -0.2) is 58.8 Å². The van der Waals surface area contributed by atoms with Gasteiger partial charge in [0, 0.05) is 37.7 Å². The van der Waals surface area contributed by atoms with Crippen LogP contribution in [0, 0.1) is 0 Å². The molecule has 2 aromatic carbocycles. The average molecular weight is 463 g/mol. The first-order valence-corrected chi connectivity index (χ1v) is 11.9. The monoisotopic (exact) mass is 462 g/mol. The van der Waals surface area contributed by atoms with Gasteiger partial charge >= 0.3 is 5.69 Å². The fourth-order valence-corrected chi connectivity index (χ4v) is 5.45. The van der Waals surface area contributed by atoms with Gasteiger partial charge in [0.25, 0.3) is 0 Å². The molecule has 4 rings (SSSR count). The topological polar surface area (TPSA) is 84.6 Å². The fraction of sp³-hybridized carbons (Fsp3) is 0.333. The van der Waals surface area contributed by atoms with Gasteiger partial charge in [-0.05, 0) is 43.3 Å². The molecule has 31 heavy (non-hydrogen) atoms. The number of imidazole rings is 1. The smallest absolute Gasteiger partial charge is 0.329 e. The van der Waals surface area contributed by atoms with E-state index in [1.54, 1.807) is 21.6 Å². The van der Waals surface area contributed by atoms with E-state index in [0.29, 0.717) is 17.1 Å². The number of sulfonamides is 1. The van der Waals surface area contributed by atoms with Crippen LogP contribution in [0.4, 0.5) is 0 Å². The Balaban J connectivity index is 1.47. The van der Waals surface area contributed by atoms with E-state index in [1.165, 1.54) is 21.0 Å². The highest BCUT2D eigenvalue weighted by molar-refractivity contribution is 7.89. The lowest BCUT2D eigenvalue weighted by atomic mass is 10.3. The second-order valence-electron chi connectivity index (χ2n) is 7.34. The lowest BCUT2D eigenvalue weighted by Crippen LogP contribution is -2.51. The molecule has 2 heterocycles. The van der Waals surface area contributed by atoms with Gasteiger partial charge in [0.1, 0.15) is 6.54 Å². The molecule has 3 aromatic rings. The third-order valence-electron chi connectivity index (χ3n) is 5.58. The summed E-state index contributed by atoms with van der Waals surface area (Å²) in [5.41, 5.74) is 1.29. The van der Waals surface area contributed by atoms with Crippen molar-refractivity contribution in [2.24, 2.45) is 0 Å². The molecule has 1 aliphatic heterocycles. The second kappa shape index (κ2) is 8.49. The number of carbonyl (C=O) groups excluding carboxylic acids is 1. The Morgan fingerprint density at radius 2 is 1.52 bits per heavy atom.